The quantitative estimate of drug-likeness (QED) is 0.551. The van der Waals surface area contributed by atoms with Crippen LogP contribution in [-0.4, -0.2) is 41.9 Å². The Morgan fingerprint density at radius 3 is 2.36 bits per heavy atom. The molecule has 3 aliphatic heterocycles. The lowest BCUT2D eigenvalue weighted by molar-refractivity contribution is -0.944. The molecule has 3 rings (SSSR count). The van der Waals surface area contributed by atoms with Crippen molar-refractivity contribution in [1.82, 2.24) is 0 Å². The van der Waals surface area contributed by atoms with Crippen LogP contribution in [0.5, 0.6) is 0 Å². The molecule has 3 heterocycles. The van der Waals surface area contributed by atoms with Gasteiger partial charge in [0.15, 0.2) is 0 Å². The molecule has 1 atom stereocenters. The van der Waals surface area contributed by atoms with Gasteiger partial charge in [0.2, 0.25) is 0 Å². The number of hydrogen-bond donors (Lipinski definition) is 1. The van der Waals surface area contributed by atoms with Crippen LogP contribution >= 0.6 is 0 Å². The van der Waals surface area contributed by atoms with E-state index in [0.29, 0.717) is 5.92 Å². The second-order valence-electron chi connectivity index (χ2n) is 4.19. The van der Waals surface area contributed by atoms with E-state index in [1.807, 2.05) is 0 Å². The molecule has 0 aromatic heterocycles. The van der Waals surface area contributed by atoms with Crippen LogP contribution in [0, 0.1) is 5.92 Å². The highest BCUT2D eigenvalue weighted by molar-refractivity contribution is 4.78. The Morgan fingerprint density at radius 1 is 1.36 bits per heavy atom. The van der Waals surface area contributed by atoms with Gasteiger partial charge in [-0.15, -0.1) is 0 Å². The van der Waals surface area contributed by atoms with Crippen molar-refractivity contribution in [3.63, 3.8) is 0 Å². The first kappa shape index (κ1) is 7.56. The monoisotopic (exact) mass is 156 g/mol. The van der Waals surface area contributed by atoms with Crippen molar-refractivity contribution in [2.75, 3.05) is 26.2 Å². The van der Waals surface area contributed by atoms with Gasteiger partial charge >= 0.3 is 0 Å². The minimum atomic E-state index is 0.0115. The van der Waals surface area contributed by atoms with Crippen molar-refractivity contribution in [2.24, 2.45) is 5.92 Å². The minimum Gasteiger partial charge on any atom is -0.387 e. The van der Waals surface area contributed by atoms with Crippen LogP contribution < -0.4 is 0 Å². The number of aliphatic hydroxyl groups excluding tert-OH is 1. The average molecular weight is 156 g/mol. The molecule has 3 saturated heterocycles. The molecule has 3 fully saturated rings. The number of likely N-dealkylation sites (N-methyl/N-ethyl adjacent to an activating group) is 1. The number of fused-ring (bicyclic) bond motifs is 3. The molecule has 0 radical (unpaired) electrons. The van der Waals surface area contributed by atoms with Crippen LogP contribution in [0.1, 0.15) is 19.8 Å². The molecule has 0 aromatic carbocycles. The number of piperidine rings is 3. The van der Waals surface area contributed by atoms with Gasteiger partial charge in [0.25, 0.3) is 0 Å². The summed E-state index contributed by atoms with van der Waals surface area (Å²) in [5.41, 5.74) is 0. The molecule has 0 spiro atoms. The molecule has 11 heavy (non-hydrogen) atoms. The Labute approximate surface area is 68.4 Å². The fourth-order valence-electron chi connectivity index (χ4n) is 2.69. The van der Waals surface area contributed by atoms with E-state index >= 15 is 0 Å². The fraction of sp³-hybridized carbons (Fsp3) is 1.00. The summed E-state index contributed by atoms with van der Waals surface area (Å²) in [6.45, 7) is 7.12. The predicted octanol–water partition coefficient (Wildman–Crippen LogP) is 0.608. The summed E-state index contributed by atoms with van der Waals surface area (Å²) in [5.74, 6) is 0.640. The largest absolute Gasteiger partial charge is 0.387 e. The molecule has 0 unspecified atom stereocenters. The first-order chi connectivity index (χ1) is 5.26. The van der Waals surface area contributed by atoms with Gasteiger partial charge in [-0.3, -0.25) is 0 Å². The highest BCUT2D eigenvalue weighted by Gasteiger charge is 2.43. The van der Waals surface area contributed by atoms with E-state index in [-0.39, 0.29) is 6.10 Å². The van der Waals surface area contributed by atoms with Gasteiger partial charge in [0, 0.05) is 18.8 Å². The Bertz CT molecular complexity index is 150. The summed E-state index contributed by atoms with van der Waals surface area (Å²) in [7, 11) is 0. The van der Waals surface area contributed by atoms with E-state index < -0.39 is 0 Å². The van der Waals surface area contributed by atoms with E-state index in [4.69, 9.17) is 0 Å². The third-order valence-electron chi connectivity index (χ3n) is 3.74. The second-order valence-corrected chi connectivity index (χ2v) is 4.19. The molecule has 64 valence electrons. The maximum absolute atomic E-state index is 9.68. The molecule has 0 aliphatic carbocycles. The van der Waals surface area contributed by atoms with Crippen molar-refractivity contribution in [3.05, 3.63) is 0 Å². The topological polar surface area (TPSA) is 20.2 Å². The van der Waals surface area contributed by atoms with Crippen LogP contribution in [0.4, 0.5) is 0 Å². The zero-order valence-corrected chi connectivity index (χ0v) is 7.29. The molecule has 3 aliphatic rings. The summed E-state index contributed by atoms with van der Waals surface area (Å²) in [6.07, 6.45) is 2.53. The lowest BCUT2D eigenvalue weighted by Gasteiger charge is -2.50. The number of rotatable bonds is 1. The van der Waals surface area contributed by atoms with Crippen LogP contribution in [0.15, 0.2) is 0 Å². The molecule has 1 N–H and O–H groups in total. The van der Waals surface area contributed by atoms with E-state index in [0.717, 1.165) is 6.54 Å². The third-order valence-corrected chi connectivity index (χ3v) is 3.74. The zero-order valence-electron chi connectivity index (χ0n) is 7.29. The Morgan fingerprint density at radius 2 is 2.00 bits per heavy atom. The Balaban J connectivity index is 2.12. The molecule has 2 heteroatoms. The summed E-state index contributed by atoms with van der Waals surface area (Å²) in [5, 5.41) is 9.68. The smallest absolute Gasteiger partial charge is 0.106 e. The maximum Gasteiger partial charge on any atom is 0.106 e. The number of hydrogen-bond acceptors (Lipinski definition) is 1. The molecular weight excluding hydrogens is 138 g/mol. The average Bonchev–Trinajstić information content (AvgIpc) is 2.06. The van der Waals surface area contributed by atoms with Crippen molar-refractivity contribution in [1.29, 1.82) is 0 Å². The molecule has 2 nitrogen and oxygen atoms in total. The van der Waals surface area contributed by atoms with Crippen LogP contribution in [0.25, 0.3) is 0 Å². The van der Waals surface area contributed by atoms with Crippen LogP contribution in [-0.2, 0) is 0 Å². The van der Waals surface area contributed by atoms with Gasteiger partial charge in [0.05, 0.1) is 19.6 Å². The van der Waals surface area contributed by atoms with Crippen molar-refractivity contribution in [3.8, 4) is 0 Å². The first-order valence-corrected chi connectivity index (χ1v) is 4.79. The van der Waals surface area contributed by atoms with Crippen LogP contribution in [0.2, 0.25) is 0 Å². The standard InChI is InChI=1S/C9H18NO/c1-2-10-5-3-8(4-6-10)9(11)7-10/h8-9,11H,2-7H2,1H3/q+1/t8?,9-,10?/m0/s1. The Hall–Kier alpha value is -0.0800. The zero-order chi connectivity index (χ0) is 7.90. The first-order valence-electron chi connectivity index (χ1n) is 4.79. The number of aliphatic hydroxyl groups is 1. The summed E-state index contributed by atoms with van der Waals surface area (Å²) < 4.78 is 1.19. The van der Waals surface area contributed by atoms with Crippen molar-refractivity contribution < 1.29 is 9.59 Å². The second kappa shape index (κ2) is 2.46. The lowest BCUT2D eigenvalue weighted by Crippen LogP contribution is -2.63. The normalized spacial score (nSPS) is 49.6. The predicted molar refractivity (Wildman–Crippen MR) is 44.1 cm³/mol. The molecule has 0 aromatic rings. The summed E-state index contributed by atoms with van der Waals surface area (Å²) in [6, 6.07) is 0. The van der Waals surface area contributed by atoms with Crippen LogP contribution in [0.3, 0.4) is 0 Å². The van der Waals surface area contributed by atoms with Gasteiger partial charge in [0.1, 0.15) is 12.6 Å². The van der Waals surface area contributed by atoms with E-state index in [2.05, 4.69) is 6.92 Å². The molecule has 2 bridgehead atoms. The van der Waals surface area contributed by atoms with Gasteiger partial charge in [-0.25, -0.2) is 0 Å². The molecule has 0 amide bonds. The van der Waals surface area contributed by atoms with Gasteiger partial charge in [-0.05, 0) is 6.92 Å². The van der Waals surface area contributed by atoms with Gasteiger partial charge in [-0.1, -0.05) is 0 Å². The molecule has 0 saturated carbocycles. The van der Waals surface area contributed by atoms with Crippen molar-refractivity contribution in [2.45, 2.75) is 25.9 Å². The molecular formula is C9H18NO+. The lowest BCUT2D eigenvalue weighted by atomic mass is 9.83. The SMILES string of the molecule is CC[N+]12CCC(CC1)[C@@H](O)C2. The summed E-state index contributed by atoms with van der Waals surface area (Å²) >= 11 is 0. The van der Waals surface area contributed by atoms with Gasteiger partial charge in [-0.2, -0.15) is 0 Å². The number of nitrogens with zero attached hydrogens (tertiary/aromatic N) is 1. The van der Waals surface area contributed by atoms with Gasteiger partial charge < -0.3 is 9.59 Å². The minimum absolute atomic E-state index is 0.0115. The number of quaternary nitrogens is 1. The van der Waals surface area contributed by atoms with E-state index in [1.165, 1.54) is 37.0 Å². The van der Waals surface area contributed by atoms with E-state index in [9.17, 15) is 5.11 Å². The highest BCUT2D eigenvalue weighted by Crippen LogP contribution is 2.33. The Kier molecular flexibility index (Phi) is 1.69. The summed E-state index contributed by atoms with van der Waals surface area (Å²) in [4.78, 5) is 0. The third kappa shape index (κ3) is 1.09. The highest BCUT2D eigenvalue weighted by atomic mass is 16.3. The fourth-order valence-corrected chi connectivity index (χ4v) is 2.69. The van der Waals surface area contributed by atoms with E-state index in [1.54, 1.807) is 0 Å². The van der Waals surface area contributed by atoms with Crippen molar-refractivity contribution >= 4 is 0 Å². The maximum atomic E-state index is 9.68.